The summed E-state index contributed by atoms with van der Waals surface area (Å²) >= 11 is 0. The highest BCUT2D eigenvalue weighted by atomic mass is 16.3. The Labute approximate surface area is 307 Å². The third-order valence-corrected chi connectivity index (χ3v) is 10.3. The van der Waals surface area contributed by atoms with Crippen LogP contribution in [0.2, 0.25) is 0 Å². The van der Waals surface area contributed by atoms with E-state index in [1.807, 2.05) is 24.3 Å². The van der Waals surface area contributed by atoms with Gasteiger partial charge in [-0.25, -0.2) is 15.0 Å². The van der Waals surface area contributed by atoms with Crippen molar-refractivity contribution in [1.29, 1.82) is 0 Å². The Bertz CT molecular complexity index is 2850. The molecule has 53 heavy (non-hydrogen) atoms. The molecule has 0 spiro atoms. The van der Waals surface area contributed by atoms with Crippen LogP contribution in [0.25, 0.3) is 83.3 Å². The summed E-state index contributed by atoms with van der Waals surface area (Å²) in [5.41, 5.74) is 10.6. The van der Waals surface area contributed by atoms with Gasteiger partial charge in [-0.15, -0.1) is 0 Å². The van der Waals surface area contributed by atoms with Gasteiger partial charge >= 0.3 is 0 Å². The van der Waals surface area contributed by atoms with E-state index < -0.39 is 0 Å². The van der Waals surface area contributed by atoms with Gasteiger partial charge in [-0.05, 0) is 63.2 Å². The van der Waals surface area contributed by atoms with Gasteiger partial charge in [-0.3, -0.25) is 0 Å². The maximum Gasteiger partial charge on any atom is 0.164 e. The molecule has 0 bridgehead atoms. The number of aromatic nitrogens is 3. The monoisotopic (exact) mass is 679 g/mol. The number of para-hydroxylation sites is 1. The quantitative estimate of drug-likeness (QED) is 0.175. The van der Waals surface area contributed by atoms with E-state index in [9.17, 15) is 0 Å². The van der Waals surface area contributed by atoms with Crippen molar-refractivity contribution < 1.29 is 4.42 Å². The van der Waals surface area contributed by atoms with Crippen molar-refractivity contribution >= 4 is 38.3 Å². The Morgan fingerprint density at radius 1 is 0.434 bits per heavy atom. The normalized spacial score (nSPS) is 14.2. The summed E-state index contributed by atoms with van der Waals surface area (Å²) in [5, 5.41) is 4.43. The van der Waals surface area contributed by atoms with Crippen LogP contribution >= 0.6 is 0 Å². The summed E-state index contributed by atoms with van der Waals surface area (Å²) in [6.45, 7) is 0. The molecule has 1 aliphatic rings. The predicted molar refractivity (Wildman–Crippen MR) is 217 cm³/mol. The molecule has 0 fully saturated rings. The first-order valence-corrected chi connectivity index (χ1v) is 18.1. The molecule has 9 aromatic rings. The maximum absolute atomic E-state index is 6.27. The van der Waals surface area contributed by atoms with E-state index in [4.69, 9.17) is 19.4 Å². The second-order valence-corrected chi connectivity index (χ2v) is 13.5. The minimum Gasteiger partial charge on any atom is -0.456 e. The molecule has 1 aliphatic carbocycles. The van der Waals surface area contributed by atoms with Crippen LogP contribution < -0.4 is 0 Å². The van der Waals surface area contributed by atoms with Crippen LogP contribution in [0.1, 0.15) is 23.7 Å². The highest BCUT2D eigenvalue weighted by Gasteiger charge is 2.20. The first-order valence-electron chi connectivity index (χ1n) is 18.1. The number of nitrogens with zero attached hydrogens (tertiary/aromatic N) is 3. The highest BCUT2D eigenvalue weighted by molar-refractivity contribution is 6.16. The molecule has 1 unspecified atom stereocenters. The Hall–Kier alpha value is -6.91. The molecule has 0 amide bonds. The predicted octanol–water partition coefficient (Wildman–Crippen LogP) is 12.7. The SMILES string of the molecule is C1=CC(c2ccccc2)CC=C1c1nc(-c2ccc(-c3ccccc3)cc2)nc(-c2ccc(-c3cccc4oc5ccccc5c34)c3ccccc23)n1. The topological polar surface area (TPSA) is 51.8 Å². The van der Waals surface area contributed by atoms with Crippen molar-refractivity contribution in [3.05, 3.63) is 193 Å². The maximum atomic E-state index is 6.27. The molecule has 4 heteroatoms. The van der Waals surface area contributed by atoms with Crippen LogP contribution in [0.5, 0.6) is 0 Å². The molecule has 0 N–H and O–H groups in total. The number of allylic oxidation sites excluding steroid dienone is 4. The van der Waals surface area contributed by atoms with Gasteiger partial charge < -0.3 is 4.42 Å². The lowest BCUT2D eigenvalue weighted by Crippen LogP contribution is -2.05. The van der Waals surface area contributed by atoms with Crippen LogP contribution in [-0.4, -0.2) is 15.0 Å². The van der Waals surface area contributed by atoms with Gasteiger partial charge in [0, 0.05) is 33.4 Å². The molecule has 0 radical (unpaired) electrons. The lowest BCUT2D eigenvalue weighted by atomic mass is 9.90. The van der Waals surface area contributed by atoms with Gasteiger partial charge in [-0.2, -0.15) is 0 Å². The largest absolute Gasteiger partial charge is 0.456 e. The number of benzene rings is 7. The fraction of sp³-hybridized carbons (Fsp3) is 0.0408. The van der Waals surface area contributed by atoms with Crippen LogP contribution in [-0.2, 0) is 0 Å². The average molecular weight is 680 g/mol. The molecular formula is C49H33N3O. The molecule has 4 nitrogen and oxygen atoms in total. The lowest BCUT2D eigenvalue weighted by molar-refractivity contribution is 0.669. The number of hydrogen-bond donors (Lipinski definition) is 0. The van der Waals surface area contributed by atoms with E-state index in [2.05, 4.69) is 158 Å². The fourth-order valence-corrected chi connectivity index (χ4v) is 7.66. The molecule has 0 saturated heterocycles. The summed E-state index contributed by atoms with van der Waals surface area (Å²) in [7, 11) is 0. The third kappa shape index (κ3) is 5.62. The van der Waals surface area contributed by atoms with Gasteiger partial charge in [0.15, 0.2) is 17.5 Å². The van der Waals surface area contributed by atoms with Gasteiger partial charge in [0.2, 0.25) is 0 Å². The zero-order chi connectivity index (χ0) is 35.1. The van der Waals surface area contributed by atoms with Crippen LogP contribution in [0, 0.1) is 0 Å². The number of rotatable bonds is 6. The summed E-state index contributed by atoms with van der Waals surface area (Å²) < 4.78 is 6.27. The lowest BCUT2D eigenvalue weighted by Gasteiger charge is -2.17. The van der Waals surface area contributed by atoms with Crippen LogP contribution in [0.4, 0.5) is 0 Å². The fourth-order valence-electron chi connectivity index (χ4n) is 7.66. The Morgan fingerprint density at radius 2 is 1.04 bits per heavy atom. The standard InChI is InChI=1S/C49H33N3O/c1-3-12-32(13-4-1)34-22-26-36(27-23-34)47-50-48(37-28-24-35(25-29-37)33-14-5-2-6-15-33)52-49(51-47)42-31-30-40(38-16-7-8-17-39(38)42)41-19-11-21-45-46(41)43-18-9-10-20-44(43)53-45/h1-24,26-31,35H,25H2. The first kappa shape index (κ1) is 30.9. The number of fused-ring (bicyclic) bond motifs is 4. The first-order chi connectivity index (χ1) is 26.3. The molecule has 2 heterocycles. The summed E-state index contributed by atoms with van der Waals surface area (Å²) in [5.74, 6) is 2.28. The van der Waals surface area contributed by atoms with Gasteiger partial charge in [0.05, 0.1) is 0 Å². The Balaban J connectivity index is 1.12. The van der Waals surface area contributed by atoms with Gasteiger partial charge in [0.1, 0.15) is 11.2 Å². The second-order valence-electron chi connectivity index (χ2n) is 13.5. The zero-order valence-corrected chi connectivity index (χ0v) is 28.9. The summed E-state index contributed by atoms with van der Waals surface area (Å²) in [4.78, 5) is 15.5. The smallest absolute Gasteiger partial charge is 0.164 e. The molecule has 0 saturated carbocycles. The second kappa shape index (κ2) is 13.0. The molecule has 1 atom stereocenters. The van der Waals surface area contributed by atoms with E-state index >= 15 is 0 Å². The van der Waals surface area contributed by atoms with Gasteiger partial charge in [-0.1, -0.05) is 164 Å². The number of hydrogen-bond acceptors (Lipinski definition) is 4. The molecule has 2 aromatic heterocycles. The van der Waals surface area contributed by atoms with E-state index in [0.29, 0.717) is 23.4 Å². The molecule has 10 rings (SSSR count). The van der Waals surface area contributed by atoms with Crippen molar-refractivity contribution in [2.45, 2.75) is 12.3 Å². The summed E-state index contributed by atoms with van der Waals surface area (Å²) in [6, 6.07) is 57.1. The minimum absolute atomic E-state index is 0.319. The van der Waals surface area contributed by atoms with Crippen molar-refractivity contribution in [3.8, 4) is 45.0 Å². The van der Waals surface area contributed by atoms with Crippen LogP contribution in [0.3, 0.4) is 0 Å². The summed E-state index contributed by atoms with van der Waals surface area (Å²) in [6.07, 6.45) is 7.58. The van der Waals surface area contributed by atoms with E-state index in [1.54, 1.807) is 0 Å². The van der Waals surface area contributed by atoms with Crippen LogP contribution in [0.15, 0.2) is 186 Å². The van der Waals surface area contributed by atoms with Crippen molar-refractivity contribution in [2.24, 2.45) is 0 Å². The molecule has 250 valence electrons. The highest BCUT2D eigenvalue weighted by Crippen LogP contribution is 2.41. The van der Waals surface area contributed by atoms with E-state index in [0.717, 1.165) is 72.5 Å². The van der Waals surface area contributed by atoms with Crippen molar-refractivity contribution in [3.63, 3.8) is 0 Å². The van der Waals surface area contributed by atoms with Gasteiger partial charge in [0.25, 0.3) is 0 Å². The Morgan fingerprint density at radius 3 is 1.81 bits per heavy atom. The van der Waals surface area contributed by atoms with E-state index in [1.165, 1.54) is 11.1 Å². The molecule has 0 aliphatic heterocycles. The van der Waals surface area contributed by atoms with Crippen molar-refractivity contribution in [1.82, 2.24) is 15.0 Å². The molecule has 7 aromatic carbocycles. The average Bonchev–Trinajstić information content (AvgIpc) is 3.63. The third-order valence-electron chi connectivity index (χ3n) is 10.3. The van der Waals surface area contributed by atoms with Crippen molar-refractivity contribution in [2.75, 3.05) is 0 Å². The zero-order valence-electron chi connectivity index (χ0n) is 28.9. The minimum atomic E-state index is 0.319. The Kier molecular flexibility index (Phi) is 7.58. The number of furan rings is 1. The van der Waals surface area contributed by atoms with E-state index in [-0.39, 0.29) is 0 Å². The molecular weight excluding hydrogens is 647 g/mol.